The normalized spacial score (nSPS) is 9.19. The lowest BCUT2D eigenvalue weighted by atomic mass is 10.1. The van der Waals surface area contributed by atoms with Gasteiger partial charge in [0.15, 0.2) is 6.61 Å². The Labute approximate surface area is 101 Å². The molecule has 0 aliphatic rings. The van der Waals surface area contributed by atoms with E-state index in [0.29, 0.717) is 11.4 Å². The molecule has 0 unspecified atom stereocenters. The second-order valence-electron chi connectivity index (χ2n) is 3.28. The van der Waals surface area contributed by atoms with Gasteiger partial charge in [-0.1, -0.05) is 36.4 Å². The van der Waals surface area contributed by atoms with Crippen molar-refractivity contribution in [3.63, 3.8) is 0 Å². The van der Waals surface area contributed by atoms with E-state index in [2.05, 4.69) is 11.8 Å². The van der Waals surface area contributed by atoms with Gasteiger partial charge in [0.1, 0.15) is 0 Å². The monoisotopic (exact) mass is 236 g/mol. The summed E-state index contributed by atoms with van der Waals surface area (Å²) in [6, 6.07) is 5.52. The number of carbonyl (C=O) groups is 1. The fraction of sp³-hybridized carbons (Fsp3) is 0.308. The number of aryl methyl sites for hydroxylation is 1. The van der Waals surface area contributed by atoms with Gasteiger partial charge in [-0.2, -0.15) is 0 Å². The van der Waals surface area contributed by atoms with Crippen molar-refractivity contribution in [2.45, 2.75) is 20.3 Å². The Hall–Kier alpha value is -1.46. The summed E-state index contributed by atoms with van der Waals surface area (Å²) in [5, 5.41) is 0.653. The van der Waals surface area contributed by atoms with Crippen molar-refractivity contribution in [1.29, 1.82) is 0 Å². The minimum Gasteiger partial charge on any atom is -0.452 e. The summed E-state index contributed by atoms with van der Waals surface area (Å²) in [6.07, 6.45) is 0.373. The molecule has 0 aliphatic heterocycles. The molecule has 0 N–H and O–H groups in total. The van der Waals surface area contributed by atoms with Crippen LogP contribution >= 0.6 is 11.6 Å². The summed E-state index contributed by atoms with van der Waals surface area (Å²) in [7, 11) is 0. The van der Waals surface area contributed by atoms with E-state index in [-0.39, 0.29) is 12.6 Å². The van der Waals surface area contributed by atoms with Crippen LogP contribution in [0.4, 0.5) is 0 Å². The molecule has 0 radical (unpaired) electrons. The van der Waals surface area contributed by atoms with Gasteiger partial charge in [0, 0.05) is 17.0 Å². The molecule has 1 aromatic rings. The highest BCUT2D eigenvalue weighted by Gasteiger charge is 1.96. The maximum absolute atomic E-state index is 10.8. The SMILES string of the molecule is CCC(=O)OCC#Cc1cc(Cl)ccc1C. The lowest BCUT2D eigenvalue weighted by molar-refractivity contribution is -0.141. The van der Waals surface area contributed by atoms with Crippen LogP contribution in [0, 0.1) is 18.8 Å². The van der Waals surface area contributed by atoms with E-state index in [9.17, 15) is 4.79 Å². The molecule has 0 saturated heterocycles. The van der Waals surface area contributed by atoms with Crippen LogP contribution in [0.5, 0.6) is 0 Å². The molecule has 84 valence electrons. The molecule has 0 aromatic heterocycles. The van der Waals surface area contributed by atoms with Crippen LogP contribution in [-0.2, 0) is 9.53 Å². The molecule has 0 amide bonds. The first kappa shape index (κ1) is 12.6. The molecule has 0 heterocycles. The van der Waals surface area contributed by atoms with Crippen molar-refractivity contribution in [1.82, 2.24) is 0 Å². The van der Waals surface area contributed by atoms with E-state index >= 15 is 0 Å². The Balaban J connectivity index is 2.62. The summed E-state index contributed by atoms with van der Waals surface area (Å²) in [5.41, 5.74) is 1.92. The standard InChI is InChI=1S/C13H13ClO2/c1-3-13(15)16-8-4-5-11-9-12(14)7-6-10(11)2/h6-7,9H,3,8H2,1-2H3. The van der Waals surface area contributed by atoms with Gasteiger partial charge in [-0.25, -0.2) is 0 Å². The second kappa shape index (κ2) is 6.19. The van der Waals surface area contributed by atoms with Gasteiger partial charge in [0.2, 0.25) is 0 Å². The van der Waals surface area contributed by atoms with Gasteiger partial charge in [-0.3, -0.25) is 4.79 Å². The largest absolute Gasteiger partial charge is 0.452 e. The molecular formula is C13H13ClO2. The first-order valence-corrected chi connectivity index (χ1v) is 5.42. The van der Waals surface area contributed by atoms with Gasteiger partial charge in [0.05, 0.1) is 0 Å². The van der Waals surface area contributed by atoms with Crippen molar-refractivity contribution >= 4 is 17.6 Å². The maximum Gasteiger partial charge on any atom is 0.306 e. The number of rotatable bonds is 2. The molecule has 2 nitrogen and oxygen atoms in total. The van der Waals surface area contributed by atoms with Crippen LogP contribution in [0.1, 0.15) is 24.5 Å². The van der Waals surface area contributed by atoms with E-state index in [1.165, 1.54) is 0 Å². The van der Waals surface area contributed by atoms with Gasteiger partial charge >= 0.3 is 5.97 Å². The zero-order chi connectivity index (χ0) is 12.0. The van der Waals surface area contributed by atoms with Crippen LogP contribution in [-0.4, -0.2) is 12.6 Å². The quantitative estimate of drug-likeness (QED) is 0.583. The molecule has 0 spiro atoms. The fourth-order valence-corrected chi connectivity index (χ4v) is 1.25. The maximum atomic E-state index is 10.8. The molecule has 1 rings (SSSR count). The number of hydrogen-bond donors (Lipinski definition) is 0. The van der Waals surface area contributed by atoms with Gasteiger partial charge < -0.3 is 4.74 Å². The van der Waals surface area contributed by atoms with Crippen molar-refractivity contribution < 1.29 is 9.53 Å². The number of esters is 1. The van der Waals surface area contributed by atoms with Crippen molar-refractivity contribution in [3.05, 3.63) is 34.3 Å². The molecule has 1 aromatic carbocycles. The lowest BCUT2D eigenvalue weighted by Gasteiger charge is -1.98. The summed E-state index contributed by atoms with van der Waals surface area (Å²) >= 11 is 5.85. The van der Waals surface area contributed by atoms with Crippen LogP contribution in [0.3, 0.4) is 0 Å². The first-order chi connectivity index (χ1) is 7.63. The molecular weight excluding hydrogens is 224 g/mol. The third-order valence-corrected chi connectivity index (χ3v) is 2.25. The topological polar surface area (TPSA) is 26.3 Å². The van der Waals surface area contributed by atoms with Crippen LogP contribution in [0.25, 0.3) is 0 Å². The van der Waals surface area contributed by atoms with E-state index in [1.54, 1.807) is 13.0 Å². The Bertz CT molecular complexity index is 441. The summed E-state index contributed by atoms with van der Waals surface area (Å²) in [4.78, 5) is 10.8. The third-order valence-electron chi connectivity index (χ3n) is 2.02. The molecule has 0 aliphatic carbocycles. The predicted molar refractivity (Wildman–Crippen MR) is 64.3 cm³/mol. The zero-order valence-corrected chi connectivity index (χ0v) is 10.1. The first-order valence-electron chi connectivity index (χ1n) is 5.04. The number of benzene rings is 1. The van der Waals surface area contributed by atoms with Crippen LogP contribution in [0.2, 0.25) is 5.02 Å². The molecule has 0 fully saturated rings. The number of hydrogen-bond acceptors (Lipinski definition) is 2. The molecule has 16 heavy (non-hydrogen) atoms. The molecule has 0 saturated carbocycles. The third kappa shape index (κ3) is 3.96. The second-order valence-corrected chi connectivity index (χ2v) is 3.71. The van der Waals surface area contributed by atoms with Crippen molar-refractivity contribution in [2.75, 3.05) is 6.61 Å². The molecule has 0 atom stereocenters. The van der Waals surface area contributed by atoms with E-state index in [4.69, 9.17) is 16.3 Å². The minimum atomic E-state index is -0.239. The smallest absolute Gasteiger partial charge is 0.306 e. The summed E-state index contributed by atoms with van der Waals surface area (Å²) in [5.74, 6) is 5.47. The Kier molecular flexibility index (Phi) is 4.88. The molecule has 3 heteroatoms. The van der Waals surface area contributed by atoms with Gasteiger partial charge in [-0.05, 0) is 24.6 Å². The van der Waals surface area contributed by atoms with Gasteiger partial charge in [0.25, 0.3) is 0 Å². The highest BCUT2D eigenvalue weighted by molar-refractivity contribution is 6.30. The van der Waals surface area contributed by atoms with Crippen LogP contribution < -0.4 is 0 Å². The highest BCUT2D eigenvalue weighted by Crippen LogP contribution is 2.13. The average molecular weight is 237 g/mol. The average Bonchev–Trinajstić information content (AvgIpc) is 2.28. The van der Waals surface area contributed by atoms with E-state index in [0.717, 1.165) is 11.1 Å². The summed E-state index contributed by atoms with van der Waals surface area (Å²) < 4.78 is 4.84. The number of ether oxygens (including phenoxy) is 1. The Morgan fingerprint density at radius 2 is 2.25 bits per heavy atom. The zero-order valence-electron chi connectivity index (χ0n) is 9.34. The van der Waals surface area contributed by atoms with Crippen LogP contribution in [0.15, 0.2) is 18.2 Å². The van der Waals surface area contributed by atoms with Crippen molar-refractivity contribution in [2.24, 2.45) is 0 Å². The number of carbonyl (C=O) groups excluding carboxylic acids is 1. The Morgan fingerprint density at radius 1 is 1.50 bits per heavy atom. The van der Waals surface area contributed by atoms with E-state index in [1.807, 2.05) is 19.1 Å². The van der Waals surface area contributed by atoms with Crippen molar-refractivity contribution in [3.8, 4) is 11.8 Å². The molecule has 0 bridgehead atoms. The fourth-order valence-electron chi connectivity index (χ4n) is 1.08. The predicted octanol–water partition coefficient (Wildman–Crippen LogP) is 2.95. The summed E-state index contributed by atoms with van der Waals surface area (Å²) in [6.45, 7) is 3.83. The minimum absolute atomic E-state index is 0.124. The Morgan fingerprint density at radius 3 is 2.94 bits per heavy atom. The highest BCUT2D eigenvalue weighted by atomic mass is 35.5. The number of halogens is 1. The van der Waals surface area contributed by atoms with Gasteiger partial charge in [-0.15, -0.1) is 0 Å². The lowest BCUT2D eigenvalue weighted by Crippen LogP contribution is -2.01. The van der Waals surface area contributed by atoms with E-state index < -0.39 is 0 Å².